The first kappa shape index (κ1) is 15.4. The summed E-state index contributed by atoms with van der Waals surface area (Å²) in [5.74, 6) is 1.41. The molecule has 0 aliphatic heterocycles. The number of hydrogen-bond donors (Lipinski definition) is 2. The van der Waals surface area contributed by atoms with Crippen LogP contribution < -0.4 is 15.4 Å². The van der Waals surface area contributed by atoms with Crippen molar-refractivity contribution in [3.63, 3.8) is 0 Å². The summed E-state index contributed by atoms with van der Waals surface area (Å²) >= 11 is 1.25. The summed E-state index contributed by atoms with van der Waals surface area (Å²) in [6.07, 6.45) is 4.77. The molecule has 2 heterocycles. The lowest BCUT2D eigenvalue weighted by molar-refractivity contribution is 0.415. The van der Waals surface area contributed by atoms with Gasteiger partial charge in [-0.05, 0) is 12.1 Å². The first-order valence-electron chi connectivity index (χ1n) is 6.64. The average molecular weight is 341 g/mol. The first-order valence-corrected chi connectivity index (χ1v) is 7.52. The van der Waals surface area contributed by atoms with Crippen molar-refractivity contribution in [2.45, 2.75) is 0 Å². The van der Waals surface area contributed by atoms with E-state index in [1.807, 2.05) is 12.3 Å². The van der Waals surface area contributed by atoms with Gasteiger partial charge in [-0.3, -0.25) is 5.32 Å². The molecule has 10 heteroatoms. The van der Waals surface area contributed by atoms with E-state index in [9.17, 15) is 0 Å². The minimum atomic E-state index is 0.226. The lowest BCUT2D eigenvalue weighted by Gasteiger charge is -2.11. The monoisotopic (exact) mass is 341 g/mol. The van der Waals surface area contributed by atoms with Gasteiger partial charge in [0.25, 0.3) is 0 Å². The van der Waals surface area contributed by atoms with Gasteiger partial charge in [-0.15, -0.1) is 10.2 Å². The lowest BCUT2D eigenvalue weighted by Crippen LogP contribution is -2.26. The number of guanidine groups is 1. The van der Waals surface area contributed by atoms with E-state index in [1.165, 1.54) is 17.7 Å². The number of aliphatic imine (C=N–C) groups is 1. The fourth-order valence-electron chi connectivity index (χ4n) is 1.91. The molecule has 1 aromatic carbocycles. The van der Waals surface area contributed by atoms with Crippen molar-refractivity contribution in [3.05, 3.63) is 36.3 Å². The van der Waals surface area contributed by atoms with Gasteiger partial charge in [0.15, 0.2) is 18.3 Å². The van der Waals surface area contributed by atoms with Crippen LogP contribution in [0, 0.1) is 11.5 Å². The SMILES string of the molecule is COc1cc(N/C(=N/c2nncs2)NC#N)ccc1-c1cnco1. The first-order chi connectivity index (χ1) is 11.8. The third kappa shape index (κ3) is 3.47. The van der Waals surface area contributed by atoms with E-state index in [0.717, 1.165) is 5.56 Å². The number of anilines is 1. The topological polar surface area (TPSA) is 121 Å². The maximum absolute atomic E-state index is 8.85. The second-order valence-corrected chi connectivity index (χ2v) is 5.14. The molecule has 0 unspecified atom stereocenters. The zero-order valence-corrected chi connectivity index (χ0v) is 13.2. The largest absolute Gasteiger partial charge is 0.496 e. The molecular weight excluding hydrogens is 330 g/mol. The van der Waals surface area contributed by atoms with Crippen molar-refractivity contribution in [1.29, 1.82) is 5.26 Å². The quantitative estimate of drug-likeness (QED) is 0.321. The molecule has 0 fully saturated rings. The highest BCUT2D eigenvalue weighted by molar-refractivity contribution is 7.13. The Bertz CT molecular complexity index is 869. The molecule has 120 valence electrons. The van der Waals surface area contributed by atoms with Gasteiger partial charge in [-0.25, -0.2) is 4.98 Å². The van der Waals surface area contributed by atoms with Gasteiger partial charge >= 0.3 is 0 Å². The minimum absolute atomic E-state index is 0.226. The van der Waals surface area contributed by atoms with Gasteiger partial charge in [-0.2, -0.15) is 10.3 Å². The maximum Gasteiger partial charge on any atom is 0.234 e. The molecule has 0 amide bonds. The Kier molecular flexibility index (Phi) is 4.64. The van der Waals surface area contributed by atoms with Crippen LogP contribution in [0.25, 0.3) is 11.3 Å². The zero-order valence-electron chi connectivity index (χ0n) is 12.4. The van der Waals surface area contributed by atoms with Crippen LogP contribution in [0.2, 0.25) is 0 Å². The number of oxazole rings is 1. The molecule has 0 atom stereocenters. The van der Waals surface area contributed by atoms with Crippen molar-refractivity contribution in [2.75, 3.05) is 12.4 Å². The van der Waals surface area contributed by atoms with Crippen molar-refractivity contribution in [1.82, 2.24) is 20.5 Å². The molecule has 0 radical (unpaired) electrons. The maximum atomic E-state index is 8.85. The fraction of sp³-hybridized carbons (Fsp3) is 0.0714. The highest BCUT2D eigenvalue weighted by Gasteiger charge is 2.11. The highest BCUT2D eigenvalue weighted by atomic mass is 32.1. The summed E-state index contributed by atoms with van der Waals surface area (Å²) in [6.45, 7) is 0. The van der Waals surface area contributed by atoms with Gasteiger partial charge in [0, 0.05) is 11.8 Å². The predicted octanol–water partition coefficient (Wildman–Crippen LogP) is 2.37. The summed E-state index contributed by atoms with van der Waals surface area (Å²) in [7, 11) is 1.56. The molecule has 0 aliphatic carbocycles. The Morgan fingerprint density at radius 3 is 3.04 bits per heavy atom. The van der Waals surface area contributed by atoms with Crippen LogP contribution in [0.4, 0.5) is 10.8 Å². The molecule has 24 heavy (non-hydrogen) atoms. The second-order valence-electron chi connectivity index (χ2n) is 4.32. The van der Waals surface area contributed by atoms with E-state index in [1.54, 1.807) is 30.9 Å². The molecule has 0 bridgehead atoms. The van der Waals surface area contributed by atoms with E-state index < -0.39 is 0 Å². The van der Waals surface area contributed by atoms with Crippen molar-refractivity contribution in [3.8, 4) is 23.3 Å². The minimum Gasteiger partial charge on any atom is -0.496 e. The van der Waals surface area contributed by atoms with Crippen LogP contribution >= 0.6 is 11.3 Å². The Balaban J connectivity index is 1.87. The Morgan fingerprint density at radius 2 is 2.38 bits per heavy atom. The standard InChI is InChI=1S/C14H11N7O2S/c1-22-11-4-9(2-3-10(11)12-5-16-7-23-12)19-13(17-6-15)20-14-21-18-8-24-14/h2-5,7-8H,1H3,(H2,17,19,20,21). The number of aromatic nitrogens is 3. The van der Waals surface area contributed by atoms with Crippen LogP contribution in [0.5, 0.6) is 5.75 Å². The number of methoxy groups -OCH3 is 1. The zero-order chi connectivity index (χ0) is 16.8. The third-order valence-corrected chi connectivity index (χ3v) is 3.48. The number of nitriles is 1. The Labute approximate surface area is 140 Å². The summed E-state index contributed by atoms with van der Waals surface area (Å²) in [4.78, 5) is 8.08. The molecule has 0 aliphatic rings. The number of hydrogen-bond acceptors (Lipinski definition) is 8. The van der Waals surface area contributed by atoms with Crippen molar-refractivity contribution < 1.29 is 9.15 Å². The Hall–Kier alpha value is -3.45. The van der Waals surface area contributed by atoms with Gasteiger partial charge < -0.3 is 14.5 Å². The van der Waals surface area contributed by atoms with Crippen LogP contribution in [0.3, 0.4) is 0 Å². The summed E-state index contributed by atoms with van der Waals surface area (Å²) in [6, 6.07) is 5.37. The van der Waals surface area contributed by atoms with Crippen LogP contribution in [0.1, 0.15) is 0 Å². The summed E-state index contributed by atoms with van der Waals surface area (Å²) < 4.78 is 10.7. The number of ether oxygens (including phenoxy) is 1. The summed E-state index contributed by atoms with van der Waals surface area (Å²) in [5, 5.41) is 22.2. The van der Waals surface area contributed by atoms with Crippen molar-refractivity contribution >= 4 is 28.1 Å². The molecule has 3 rings (SSSR count). The van der Waals surface area contributed by atoms with Gasteiger partial charge in [0.05, 0.1) is 18.9 Å². The number of benzene rings is 1. The molecule has 0 saturated carbocycles. The second kappa shape index (κ2) is 7.21. The van der Waals surface area contributed by atoms with Crippen LogP contribution in [-0.2, 0) is 0 Å². The molecule has 0 spiro atoms. The third-order valence-electron chi connectivity index (χ3n) is 2.89. The van der Waals surface area contributed by atoms with Gasteiger partial charge in [0.2, 0.25) is 11.1 Å². The van der Waals surface area contributed by atoms with Crippen LogP contribution in [0.15, 0.2) is 45.7 Å². The number of rotatable bonds is 4. The van der Waals surface area contributed by atoms with Gasteiger partial charge in [0.1, 0.15) is 11.3 Å². The molecule has 2 N–H and O–H groups in total. The van der Waals surface area contributed by atoms with E-state index in [0.29, 0.717) is 22.3 Å². The molecule has 3 aromatic rings. The van der Waals surface area contributed by atoms with Crippen molar-refractivity contribution in [2.24, 2.45) is 4.99 Å². The van der Waals surface area contributed by atoms with E-state index in [2.05, 4.69) is 30.8 Å². The van der Waals surface area contributed by atoms with Crippen LogP contribution in [-0.4, -0.2) is 28.3 Å². The summed E-state index contributed by atoms with van der Waals surface area (Å²) in [5.41, 5.74) is 2.98. The fourth-order valence-corrected chi connectivity index (χ4v) is 2.34. The lowest BCUT2D eigenvalue weighted by atomic mass is 10.1. The molecular formula is C14H11N7O2S. The number of nitrogens with zero attached hydrogens (tertiary/aromatic N) is 5. The highest BCUT2D eigenvalue weighted by Crippen LogP contribution is 2.32. The number of nitrogens with one attached hydrogen (secondary N) is 2. The average Bonchev–Trinajstić information content (AvgIpc) is 3.28. The normalized spacial score (nSPS) is 10.9. The molecule has 2 aromatic heterocycles. The predicted molar refractivity (Wildman–Crippen MR) is 87.9 cm³/mol. The van der Waals surface area contributed by atoms with E-state index in [-0.39, 0.29) is 5.96 Å². The Morgan fingerprint density at radius 1 is 1.46 bits per heavy atom. The van der Waals surface area contributed by atoms with Gasteiger partial charge in [-0.1, -0.05) is 11.3 Å². The molecule has 0 saturated heterocycles. The molecule has 9 nitrogen and oxygen atoms in total. The smallest absolute Gasteiger partial charge is 0.234 e. The van der Waals surface area contributed by atoms with E-state index >= 15 is 0 Å². The van der Waals surface area contributed by atoms with E-state index in [4.69, 9.17) is 14.4 Å².